The molecule has 4 nitrogen and oxygen atoms in total. The van der Waals surface area contributed by atoms with Crippen LogP contribution < -0.4 is 5.32 Å². The number of aryl methyl sites for hydroxylation is 1. The van der Waals surface area contributed by atoms with Crippen molar-refractivity contribution in [1.29, 1.82) is 0 Å². The summed E-state index contributed by atoms with van der Waals surface area (Å²) < 4.78 is 0. The molecule has 0 saturated carbocycles. The molecule has 0 aliphatic carbocycles. The van der Waals surface area contributed by atoms with Gasteiger partial charge < -0.3 is 10.2 Å². The van der Waals surface area contributed by atoms with Crippen LogP contribution in [0, 0.1) is 6.92 Å². The molecule has 1 aromatic heterocycles. The van der Waals surface area contributed by atoms with Gasteiger partial charge in [-0.2, -0.15) is 0 Å². The molecule has 4 heteroatoms. The first kappa shape index (κ1) is 11.0. The third-order valence-electron chi connectivity index (χ3n) is 4.04. The Morgan fingerprint density at radius 2 is 2.12 bits per heavy atom. The molecule has 92 valence electrons. The second-order valence-corrected chi connectivity index (χ2v) is 5.19. The zero-order valence-corrected chi connectivity index (χ0v) is 10.4. The molecular formula is C13H20N4. The maximum absolute atomic E-state index is 4.37. The van der Waals surface area contributed by atoms with E-state index < -0.39 is 0 Å². The zero-order chi connectivity index (χ0) is 11.7. The van der Waals surface area contributed by atoms with Crippen LogP contribution in [0.1, 0.15) is 31.4 Å². The van der Waals surface area contributed by atoms with Crippen LogP contribution in [0.2, 0.25) is 0 Å². The van der Waals surface area contributed by atoms with Gasteiger partial charge in [-0.3, -0.25) is 4.98 Å². The van der Waals surface area contributed by atoms with Gasteiger partial charge in [-0.05, 0) is 39.2 Å². The van der Waals surface area contributed by atoms with Gasteiger partial charge in [0.2, 0.25) is 0 Å². The van der Waals surface area contributed by atoms with Crippen molar-refractivity contribution in [2.45, 2.75) is 44.7 Å². The molecule has 0 aromatic carbocycles. The summed E-state index contributed by atoms with van der Waals surface area (Å²) in [6.45, 7) is 4.56. The van der Waals surface area contributed by atoms with E-state index in [1.165, 1.54) is 38.8 Å². The standard InChI is InChI=1S/C13H20N4/c1-10-13(15-6-5-14-10)16-11-4-8-17-7-2-3-12(17)9-11/h5-6,11-12H,2-4,7-9H2,1H3,(H,15,16). The van der Waals surface area contributed by atoms with E-state index in [1.807, 2.05) is 6.92 Å². The molecule has 3 rings (SSSR count). The molecule has 1 N–H and O–H groups in total. The topological polar surface area (TPSA) is 41.1 Å². The van der Waals surface area contributed by atoms with Gasteiger partial charge in [-0.1, -0.05) is 0 Å². The number of anilines is 1. The Kier molecular flexibility index (Phi) is 2.97. The van der Waals surface area contributed by atoms with Crippen LogP contribution in [0.15, 0.2) is 12.4 Å². The van der Waals surface area contributed by atoms with Crippen LogP contribution in [0.4, 0.5) is 5.82 Å². The molecule has 0 radical (unpaired) electrons. The van der Waals surface area contributed by atoms with E-state index in [9.17, 15) is 0 Å². The third kappa shape index (κ3) is 2.27. The normalized spacial score (nSPS) is 29.0. The summed E-state index contributed by atoms with van der Waals surface area (Å²) in [4.78, 5) is 11.3. The Balaban J connectivity index is 1.64. The highest BCUT2D eigenvalue weighted by Crippen LogP contribution is 2.28. The van der Waals surface area contributed by atoms with Gasteiger partial charge in [0.15, 0.2) is 0 Å². The summed E-state index contributed by atoms with van der Waals surface area (Å²) in [5, 5.41) is 3.56. The van der Waals surface area contributed by atoms with Crippen molar-refractivity contribution in [3.63, 3.8) is 0 Å². The van der Waals surface area contributed by atoms with E-state index in [1.54, 1.807) is 12.4 Å². The Hall–Kier alpha value is -1.16. The Bertz CT molecular complexity index is 393. The molecule has 1 aromatic rings. The minimum absolute atomic E-state index is 0.574. The highest BCUT2D eigenvalue weighted by molar-refractivity contribution is 5.39. The summed E-state index contributed by atoms with van der Waals surface area (Å²) in [5.41, 5.74) is 1.00. The first-order valence-corrected chi connectivity index (χ1v) is 6.61. The summed E-state index contributed by atoms with van der Waals surface area (Å²) in [7, 11) is 0. The minimum atomic E-state index is 0.574. The van der Waals surface area contributed by atoms with Gasteiger partial charge in [0.1, 0.15) is 5.82 Å². The van der Waals surface area contributed by atoms with Crippen LogP contribution >= 0.6 is 0 Å². The highest BCUT2D eigenvalue weighted by atomic mass is 15.2. The number of fused-ring (bicyclic) bond motifs is 1. The van der Waals surface area contributed by atoms with Gasteiger partial charge >= 0.3 is 0 Å². The maximum Gasteiger partial charge on any atom is 0.147 e. The lowest BCUT2D eigenvalue weighted by Crippen LogP contribution is -2.42. The fourth-order valence-electron chi connectivity index (χ4n) is 3.10. The monoisotopic (exact) mass is 232 g/mol. The van der Waals surface area contributed by atoms with Crippen molar-refractivity contribution < 1.29 is 0 Å². The lowest BCUT2D eigenvalue weighted by Gasteiger charge is -2.35. The predicted octanol–water partition coefficient (Wildman–Crippen LogP) is 1.82. The lowest BCUT2D eigenvalue weighted by molar-refractivity contribution is 0.188. The van der Waals surface area contributed by atoms with Crippen LogP contribution in [0.5, 0.6) is 0 Å². The van der Waals surface area contributed by atoms with Crippen molar-refractivity contribution in [3.8, 4) is 0 Å². The molecule has 0 spiro atoms. The molecule has 0 bridgehead atoms. The van der Waals surface area contributed by atoms with Gasteiger partial charge in [-0.25, -0.2) is 4.98 Å². The maximum atomic E-state index is 4.37. The number of hydrogen-bond acceptors (Lipinski definition) is 4. The van der Waals surface area contributed by atoms with Crippen molar-refractivity contribution in [2.24, 2.45) is 0 Å². The second kappa shape index (κ2) is 4.61. The van der Waals surface area contributed by atoms with Crippen LogP contribution in [0.25, 0.3) is 0 Å². The van der Waals surface area contributed by atoms with E-state index in [0.29, 0.717) is 6.04 Å². The molecule has 2 atom stereocenters. The lowest BCUT2D eigenvalue weighted by atomic mass is 9.97. The van der Waals surface area contributed by atoms with Crippen molar-refractivity contribution in [2.75, 3.05) is 18.4 Å². The third-order valence-corrected chi connectivity index (χ3v) is 4.04. The first-order chi connectivity index (χ1) is 8.33. The van der Waals surface area contributed by atoms with Gasteiger partial charge in [-0.15, -0.1) is 0 Å². The number of rotatable bonds is 2. The summed E-state index contributed by atoms with van der Waals surface area (Å²) in [5.74, 6) is 0.962. The van der Waals surface area contributed by atoms with Crippen molar-refractivity contribution in [3.05, 3.63) is 18.1 Å². The fraction of sp³-hybridized carbons (Fsp3) is 0.692. The highest BCUT2D eigenvalue weighted by Gasteiger charge is 2.31. The Labute approximate surface area is 102 Å². The Morgan fingerprint density at radius 1 is 1.24 bits per heavy atom. The molecule has 17 heavy (non-hydrogen) atoms. The van der Waals surface area contributed by atoms with Crippen LogP contribution in [-0.2, 0) is 0 Å². The van der Waals surface area contributed by atoms with Gasteiger partial charge in [0.05, 0.1) is 5.69 Å². The van der Waals surface area contributed by atoms with Crippen LogP contribution in [0.3, 0.4) is 0 Å². The predicted molar refractivity (Wildman–Crippen MR) is 68.0 cm³/mol. The number of nitrogens with one attached hydrogen (secondary N) is 1. The van der Waals surface area contributed by atoms with Crippen molar-refractivity contribution >= 4 is 5.82 Å². The molecule has 0 amide bonds. The Morgan fingerprint density at radius 3 is 3.00 bits per heavy atom. The average Bonchev–Trinajstić information content (AvgIpc) is 2.79. The first-order valence-electron chi connectivity index (χ1n) is 6.61. The number of nitrogens with zero attached hydrogens (tertiary/aromatic N) is 3. The molecule has 2 fully saturated rings. The minimum Gasteiger partial charge on any atom is -0.366 e. The zero-order valence-electron chi connectivity index (χ0n) is 10.4. The smallest absolute Gasteiger partial charge is 0.147 e. The molecular weight excluding hydrogens is 212 g/mol. The number of hydrogen-bond donors (Lipinski definition) is 1. The number of aromatic nitrogens is 2. The molecule has 2 aliphatic heterocycles. The molecule has 2 unspecified atom stereocenters. The van der Waals surface area contributed by atoms with E-state index in [0.717, 1.165) is 17.6 Å². The van der Waals surface area contributed by atoms with E-state index in [2.05, 4.69) is 20.2 Å². The quantitative estimate of drug-likeness (QED) is 0.844. The van der Waals surface area contributed by atoms with Crippen LogP contribution in [-0.4, -0.2) is 40.0 Å². The summed E-state index contributed by atoms with van der Waals surface area (Å²) >= 11 is 0. The largest absolute Gasteiger partial charge is 0.366 e. The SMILES string of the molecule is Cc1nccnc1NC1CCN2CCCC2C1. The van der Waals surface area contributed by atoms with Gasteiger partial charge in [0.25, 0.3) is 0 Å². The van der Waals surface area contributed by atoms with Gasteiger partial charge in [0, 0.05) is 31.0 Å². The number of piperidine rings is 1. The fourth-order valence-corrected chi connectivity index (χ4v) is 3.10. The van der Waals surface area contributed by atoms with E-state index in [-0.39, 0.29) is 0 Å². The van der Waals surface area contributed by atoms with Crippen molar-refractivity contribution in [1.82, 2.24) is 14.9 Å². The van der Waals surface area contributed by atoms with E-state index in [4.69, 9.17) is 0 Å². The molecule has 2 aliphatic rings. The summed E-state index contributed by atoms with van der Waals surface area (Å²) in [6.07, 6.45) is 8.75. The molecule has 2 saturated heterocycles. The van der Waals surface area contributed by atoms with E-state index >= 15 is 0 Å². The average molecular weight is 232 g/mol. The second-order valence-electron chi connectivity index (χ2n) is 5.19. The molecule has 3 heterocycles. The summed E-state index contributed by atoms with van der Waals surface area (Å²) in [6, 6.07) is 1.38.